The standard InChI is InChI=1S/C21H21NO6/c1-26-16-9-10-19(27-2)17(12-16)18(23)14-28-21(25)13-22-20(24)11-8-15-6-4-3-5-7-15/h3-12H,13-14H2,1-2H3,(H,22,24)/b11-8+. The van der Waals surface area contributed by atoms with Crippen LogP contribution >= 0.6 is 0 Å². The number of rotatable bonds is 9. The highest BCUT2D eigenvalue weighted by Crippen LogP contribution is 2.24. The SMILES string of the molecule is COc1ccc(OC)c(C(=O)COC(=O)CNC(=O)/C=C/c2ccccc2)c1. The molecule has 28 heavy (non-hydrogen) atoms. The molecule has 0 spiro atoms. The van der Waals surface area contributed by atoms with Crippen molar-refractivity contribution in [3.8, 4) is 11.5 Å². The molecule has 0 radical (unpaired) electrons. The van der Waals surface area contributed by atoms with Gasteiger partial charge in [-0.2, -0.15) is 0 Å². The number of esters is 1. The molecule has 0 saturated heterocycles. The maximum Gasteiger partial charge on any atom is 0.325 e. The van der Waals surface area contributed by atoms with E-state index in [1.54, 1.807) is 18.2 Å². The van der Waals surface area contributed by atoms with Crippen LogP contribution in [0.3, 0.4) is 0 Å². The molecule has 2 rings (SSSR count). The lowest BCUT2D eigenvalue weighted by Gasteiger charge is -2.10. The fraction of sp³-hybridized carbons (Fsp3) is 0.190. The number of nitrogens with one attached hydrogen (secondary N) is 1. The van der Waals surface area contributed by atoms with E-state index in [1.165, 1.54) is 26.4 Å². The van der Waals surface area contributed by atoms with Crippen LogP contribution in [-0.2, 0) is 14.3 Å². The Bertz CT molecular complexity index is 860. The molecular formula is C21H21NO6. The lowest BCUT2D eigenvalue weighted by atomic mass is 10.1. The molecule has 0 aliphatic heterocycles. The number of benzene rings is 2. The molecule has 0 bridgehead atoms. The average molecular weight is 383 g/mol. The summed E-state index contributed by atoms with van der Waals surface area (Å²) in [6, 6.07) is 14.0. The number of hydrogen-bond donors (Lipinski definition) is 1. The first-order valence-corrected chi connectivity index (χ1v) is 8.45. The van der Waals surface area contributed by atoms with Crippen LogP contribution in [0.15, 0.2) is 54.6 Å². The second kappa shape index (κ2) is 10.5. The van der Waals surface area contributed by atoms with Crippen molar-refractivity contribution in [1.29, 1.82) is 0 Å². The van der Waals surface area contributed by atoms with E-state index >= 15 is 0 Å². The van der Waals surface area contributed by atoms with Crippen LogP contribution in [0, 0.1) is 0 Å². The summed E-state index contributed by atoms with van der Waals surface area (Å²) >= 11 is 0. The largest absolute Gasteiger partial charge is 0.497 e. The minimum Gasteiger partial charge on any atom is -0.497 e. The van der Waals surface area contributed by atoms with Gasteiger partial charge in [-0.05, 0) is 29.8 Å². The van der Waals surface area contributed by atoms with Gasteiger partial charge in [-0.25, -0.2) is 0 Å². The topological polar surface area (TPSA) is 90.9 Å². The zero-order chi connectivity index (χ0) is 20.4. The molecule has 0 aromatic heterocycles. The average Bonchev–Trinajstić information content (AvgIpc) is 2.74. The Morgan fingerprint density at radius 1 is 1.00 bits per heavy atom. The van der Waals surface area contributed by atoms with E-state index in [2.05, 4.69) is 5.32 Å². The number of Topliss-reactive ketones (excluding diaryl/α,β-unsaturated/α-hetero) is 1. The van der Waals surface area contributed by atoms with Crippen LogP contribution < -0.4 is 14.8 Å². The first kappa shape index (κ1) is 20.7. The summed E-state index contributed by atoms with van der Waals surface area (Å²) < 4.78 is 15.1. The van der Waals surface area contributed by atoms with Crippen molar-refractivity contribution in [2.24, 2.45) is 0 Å². The number of hydrogen-bond acceptors (Lipinski definition) is 6. The number of amides is 1. The molecule has 0 unspecified atom stereocenters. The molecule has 2 aromatic rings. The smallest absolute Gasteiger partial charge is 0.325 e. The van der Waals surface area contributed by atoms with Crippen molar-refractivity contribution < 1.29 is 28.6 Å². The lowest BCUT2D eigenvalue weighted by Crippen LogP contribution is -2.30. The molecule has 0 saturated carbocycles. The molecule has 0 heterocycles. The fourth-order valence-corrected chi connectivity index (χ4v) is 2.26. The molecule has 2 aromatic carbocycles. The Balaban J connectivity index is 1.81. The van der Waals surface area contributed by atoms with E-state index in [0.29, 0.717) is 11.5 Å². The van der Waals surface area contributed by atoms with E-state index in [-0.39, 0.29) is 12.1 Å². The third kappa shape index (κ3) is 6.28. The van der Waals surface area contributed by atoms with Crippen molar-refractivity contribution in [2.45, 2.75) is 0 Å². The Kier molecular flexibility index (Phi) is 7.77. The first-order chi connectivity index (χ1) is 13.5. The minimum atomic E-state index is -0.725. The van der Waals surface area contributed by atoms with Crippen molar-refractivity contribution >= 4 is 23.7 Å². The highest BCUT2D eigenvalue weighted by atomic mass is 16.5. The summed E-state index contributed by atoms with van der Waals surface area (Å²) in [5.41, 5.74) is 1.10. The van der Waals surface area contributed by atoms with E-state index in [9.17, 15) is 14.4 Å². The predicted molar refractivity (Wildman–Crippen MR) is 103 cm³/mol. The van der Waals surface area contributed by atoms with Crippen molar-refractivity contribution in [2.75, 3.05) is 27.4 Å². The zero-order valence-corrected chi connectivity index (χ0v) is 15.6. The van der Waals surface area contributed by atoms with Crippen LogP contribution in [-0.4, -0.2) is 45.0 Å². The molecule has 0 fully saturated rings. The molecule has 0 aliphatic carbocycles. The monoisotopic (exact) mass is 383 g/mol. The summed E-state index contributed by atoms with van der Waals surface area (Å²) in [6.45, 7) is -0.821. The summed E-state index contributed by atoms with van der Waals surface area (Å²) in [5.74, 6) is -0.785. The maximum atomic E-state index is 12.3. The van der Waals surface area contributed by atoms with Crippen molar-refractivity contribution in [1.82, 2.24) is 5.32 Å². The van der Waals surface area contributed by atoms with Crippen LogP contribution in [0.4, 0.5) is 0 Å². The maximum absolute atomic E-state index is 12.3. The molecule has 0 aliphatic rings. The molecule has 0 atom stereocenters. The Hall–Kier alpha value is -3.61. The van der Waals surface area contributed by atoms with Crippen LogP contribution in [0.2, 0.25) is 0 Å². The summed E-state index contributed by atoms with van der Waals surface area (Å²) in [4.78, 5) is 35.8. The predicted octanol–water partition coefficient (Wildman–Crippen LogP) is 2.26. The fourth-order valence-electron chi connectivity index (χ4n) is 2.26. The van der Waals surface area contributed by atoms with E-state index in [4.69, 9.17) is 14.2 Å². The molecular weight excluding hydrogens is 362 g/mol. The number of ketones is 1. The van der Waals surface area contributed by atoms with Gasteiger partial charge in [0.1, 0.15) is 18.0 Å². The number of carbonyl (C=O) groups excluding carboxylic acids is 3. The summed E-state index contributed by atoms with van der Waals surface area (Å²) in [5, 5.41) is 2.40. The van der Waals surface area contributed by atoms with Gasteiger partial charge in [-0.15, -0.1) is 0 Å². The summed E-state index contributed by atoms with van der Waals surface area (Å²) in [7, 11) is 2.91. The second-order valence-electron chi connectivity index (χ2n) is 5.61. The molecule has 7 heteroatoms. The van der Waals surface area contributed by atoms with Gasteiger partial charge in [0.2, 0.25) is 11.7 Å². The number of methoxy groups -OCH3 is 2. The summed E-state index contributed by atoms with van der Waals surface area (Å²) in [6.07, 6.45) is 2.94. The van der Waals surface area contributed by atoms with Crippen molar-refractivity contribution in [3.05, 3.63) is 65.7 Å². The van der Waals surface area contributed by atoms with Crippen LogP contribution in [0.25, 0.3) is 6.08 Å². The van der Waals surface area contributed by atoms with Gasteiger partial charge in [-0.1, -0.05) is 30.3 Å². The third-order valence-electron chi connectivity index (χ3n) is 3.70. The van der Waals surface area contributed by atoms with Gasteiger partial charge in [0.25, 0.3) is 0 Å². The van der Waals surface area contributed by atoms with Crippen LogP contribution in [0.1, 0.15) is 15.9 Å². The van der Waals surface area contributed by atoms with Gasteiger partial charge >= 0.3 is 5.97 Å². The Morgan fingerprint density at radius 2 is 1.75 bits per heavy atom. The highest BCUT2D eigenvalue weighted by Gasteiger charge is 2.16. The quantitative estimate of drug-likeness (QED) is 0.406. The minimum absolute atomic E-state index is 0.240. The second-order valence-corrected chi connectivity index (χ2v) is 5.61. The number of ether oxygens (including phenoxy) is 3. The van der Waals surface area contributed by atoms with Gasteiger partial charge in [0.15, 0.2) is 6.61 Å². The zero-order valence-electron chi connectivity index (χ0n) is 15.6. The lowest BCUT2D eigenvalue weighted by molar-refractivity contribution is -0.142. The van der Waals surface area contributed by atoms with E-state index < -0.39 is 24.3 Å². The Labute approximate surface area is 162 Å². The molecule has 146 valence electrons. The molecule has 7 nitrogen and oxygen atoms in total. The third-order valence-corrected chi connectivity index (χ3v) is 3.70. The molecule has 1 N–H and O–H groups in total. The van der Waals surface area contributed by atoms with Crippen LogP contribution in [0.5, 0.6) is 11.5 Å². The van der Waals surface area contributed by atoms with Gasteiger partial charge in [0, 0.05) is 6.08 Å². The van der Waals surface area contributed by atoms with Gasteiger partial charge < -0.3 is 19.5 Å². The van der Waals surface area contributed by atoms with Gasteiger partial charge in [0.05, 0.1) is 19.8 Å². The van der Waals surface area contributed by atoms with Crippen molar-refractivity contribution in [3.63, 3.8) is 0 Å². The number of carbonyl (C=O) groups is 3. The molecule has 1 amide bonds. The first-order valence-electron chi connectivity index (χ1n) is 8.45. The Morgan fingerprint density at radius 3 is 2.43 bits per heavy atom. The normalized spacial score (nSPS) is 10.4. The van der Waals surface area contributed by atoms with Gasteiger partial charge in [-0.3, -0.25) is 14.4 Å². The van der Waals surface area contributed by atoms with E-state index in [0.717, 1.165) is 5.56 Å². The van der Waals surface area contributed by atoms with E-state index in [1.807, 2.05) is 30.3 Å². The highest BCUT2D eigenvalue weighted by molar-refractivity contribution is 6.01.